The highest BCUT2D eigenvalue weighted by Gasteiger charge is 2.34. The molecule has 3 rings (SSSR count). The first-order chi connectivity index (χ1) is 8.38. The van der Waals surface area contributed by atoms with E-state index in [2.05, 4.69) is 15.3 Å². The van der Waals surface area contributed by atoms with Crippen LogP contribution in [-0.4, -0.2) is 40.9 Å². The van der Waals surface area contributed by atoms with Crippen molar-refractivity contribution in [2.45, 2.75) is 31.3 Å². The Morgan fingerprint density at radius 1 is 1.53 bits per heavy atom. The number of nitrogens with zero attached hydrogens (tertiary/aromatic N) is 1. The summed E-state index contributed by atoms with van der Waals surface area (Å²) in [7, 11) is 0. The quantitative estimate of drug-likeness (QED) is 0.695. The van der Waals surface area contributed by atoms with Crippen LogP contribution in [0.25, 0.3) is 0 Å². The molecular weight excluding hydrogens is 218 g/mol. The van der Waals surface area contributed by atoms with Crippen LogP contribution < -0.4 is 5.32 Å². The second-order valence-corrected chi connectivity index (χ2v) is 4.97. The largest absolute Gasteiger partial charge is 0.395 e. The van der Waals surface area contributed by atoms with E-state index in [0.29, 0.717) is 5.92 Å². The number of imidazole rings is 1. The Labute approximate surface area is 101 Å². The number of aliphatic hydroxyl groups excluding tert-OH is 1. The van der Waals surface area contributed by atoms with Crippen LogP contribution in [0.4, 0.5) is 0 Å². The van der Waals surface area contributed by atoms with Crippen LogP contribution in [0.1, 0.15) is 30.3 Å². The molecule has 2 aliphatic heterocycles. The maximum atomic E-state index is 9.34. The third-order valence-electron chi connectivity index (χ3n) is 3.80. The lowest BCUT2D eigenvalue weighted by Gasteiger charge is -2.36. The van der Waals surface area contributed by atoms with Crippen LogP contribution in [0.15, 0.2) is 6.33 Å². The lowest BCUT2D eigenvalue weighted by Crippen LogP contribution is -2.46. The number of aliphatic hydroxyl groups is 1. The Hall–Kier alpha value is -0.910. The van der Waals surface area contributed by atoms with E-state index in [1.165, 1.54) is 12.1 Å². The summed E-state index contributed by atoms with van der Waals surface area (Å²) in [4.78, 5) is 7.61. The molecule has 0 saturated carbocycles. The van der Waals surface area contributed by atoms with Gasteiger partial charge in [-0.25, -0.2) is 4.98 Å². The number of hydrogen-bond donors (Lipinski definition) is 3. The first-order valence-corrected chi connectivity index (χ1v) is 6.35. The fourth-order valence-corrected chi connectivity index (χ4v) is 2.91. The molecule has 0 bridgehead atoms. The van der Waals surface area contributed by atoms with Gasteiger partial charge >= 0.3 is 0 Å². The molecule has 0 amide bonds. The smallest absolute Gasteiger partial charge is 0.0925 e. The summed E-state index contributed by atoms with van der Waals surface area (Å²) >= 11 is 0. The summed E-state index contributed by atoms with van der Waals surface area (Å²) in [6.07, 6.45) is 4.87. The van der Waals surface area contributed by atoms with Gasteiger partial charge in [0.25, 0.3) is 0 Å². The van der Waals surface area contributed by atoms with Crippen LogP contribution in [-0.2, 0) is 11.2 Å². The summed E-state index contributed by atoms with van der Waals surface area (Å²) in [5.74, 6) is 0.472. The van der Waals surface area contributed by atoms with Gasteiger partial charge in [0.1, 0.15) is 0 Å². The summed E-state index contributed by atoms with van der Waals surface area (Å²) in [5, 5.41) is 12.8. The van der Waals surface area contributed by atoms with Crippen molar-refractivity contribution in [3.05, 3.63) is 17.7 Å². The predicted molar refractivity (Wildman–Crippen MR) is 62.6 cm³/mol. The number of rotatable bonds is 2. The normalized spacial score (nSPS) is 33.4. The van der Waals surface area contributed by atoms with E-state index >= 15 is 0 Å². The lowest BCUT2D eigenvalue weighted by atomic mass is 9.86. The minimum atomic E-state index is 0.134. The monoisotopic (exact) mass is 237 g/mol. The van der Waals surface area contributed by atoms with Gasteiger partial charge in [-0.2, -0.15) is 0 Å². The van der Waals surface area contributed by atoms with Gasteiger partial charge in [-0.05, 0) is 12.8 Å². The zero-order valence-electron chi connectivity index (χ0n) is 9.85. The third-order valence-corrected chi connectivity index (χ3v) is 3.80. The first-order valence-electron chi connectivity index (χ1n) is 6.35. The van der Waals surface area contributed by atoms with Gasteiger partial charge in [0.05, 0.1) is 31.3 Å². The van der Waals surface area contributed by atoms with Crippen LogP contribution in [0, 0.1) is 5.92 Å². The summed E-state index contributed by atoms with van der Waals surface area (Å²) < 4.78 is 5.56. The fraction of sp³-hybridized carbons (Fsp3) is 0.750. The summed E-state index contributed by atoms with van der Waals surface area (Å²) in [6.45, 7) is 1.84. The molecule has 3 N–H and O–H groups in total. The van der Waals surface area contributed by atoms with Crippen LogP contribution in [0.3, 0.4) is 0 Å². The molecule has 3 unspecified atom stereocenters. The Morgan fingerprint density at radius 2 is 2.47 bits per heavy atom. The molecule has 0 spiro atoms. The number of hydrogen-bond acceptors (Lipinski definition) is 4. The zero-order chi connectivity index (χ0) is 11.7. The molecule has 0 aliphatic carbocycles. The van der Waals surface area contributed by atoms with Crippen molar-refractivity contribution >= 4 is 0 Å². The van der Waals surface area contributed by atoms with Crippen molar-refractivity contribution in [1.29, 1.82) is 0 Å². The molecule has 3 heterocycles. The molecular formula is C12H19N3O2. The topological polar surface area (TPSA) is 70.2 Å². The highest BCUT2D eigenvalue weighted by molar-refractivity contribution is 5.22. The molecule has 1 aromatic rings. The summed E-state index contributed by atoms with van der Waals surface area (Å²) in [6, 6.07) is 0.359. The average molecular weight is 237 g/mol. The molecule has 1 fully saturated rings. The maximum Gasteiger partial charge on any atom is 0.0925 e. The van der Waals surface area contributed by atoms with Gasteiger partial charge in [0.15, 0.2) is 0 Å². The second kappa shape index (κ2) is 4.76. The van der Waals surface area contributed by atoms with Crippen molar-refractivity contribution < 1.29 is 9.84 Å². The first kappa shape index (κ1) is 11.2. The van der Waals surface area contributed by atoms with Gasteiger partial charge in [-0.1, -0.05) is 0 Å². The fourth-order valence-electron chi connectivity index (χ4n) is 2.91. The highest BCUT2D eigenvalue weighted by atomic mass is 16.5. The van der Waals surface area contributed by atoms with Gasteiger partial charge < -0.3 is 20.1 Å². The number of aromatic amines is 1. The van der Waals surface area contributed by atoms with Crippen molar-refractivity contribution in [2.75, 3.05) is 19.8 Å². The Kier molecular flexibility index (Phi) is 3.13. The number of nitrogens with one attached hydrogen (secondary N) is 2. The number of fused-ring (bicyclic) bond motifs is 1. The average Bonchev–Trinajstić information content (AvgIpc) is 2.86. The molecule has 0 aromatic carbocycles. The molecule has 2 aliphatic rings. The molecule has 5 nitrogen and oxygen atoms in total. The van der Waals surface area contributed by atoms with Crippen molar-refractivity contribution in [3.63, 3.8) is 0 Å². The molecule has 94 valence electrons. The van der Waals surface area contributed by atoms with Crippen LogP contribution >= 0.6 is 0 Å². The van der Waals surface area contributed by atoms with Crippen molar-refractivity contribution in [1.82, 2.24) is 15.3 Å². The van der Waals surface area contributed by atoms with Crippen molar-refractivity contribution in [2.24, 2.45) is 5.92 Å². The van der Waals surface area contributed by atoms with E-state index in [0.717, 1.165) is 31.7 Å². The molecule has 5 heteroatoms. The number of H-pyrrole nitrogens is 1. The van der Waals surface area contributed by atoms with Gasteiger partial charge in [-0.15, -0.1) is 0 Å². The van der Waals surface area contributed by atoms with Gasteiger partial charge in [0, 0.05) is 30.7 Å². The van der Waals surface area contributed by atoms with E-state index in [1.54, 1.807) is 6.33 Å². The van der Waals surface area contributed by atoms with Crippen molar-refractivity contribution in [3.8, 4) is 0 Å². The van der Waals surface area contributed by atoms with E-state index in [9.17, 15) is 5.11 Å². The standard InChI is InChI=1S/C12H19N3O2/c16-5-9-4-10-12(14-7-13-10)11(15-9)8-2-1-3-17-6-8/h7-9,11,15-16H,1-6H2,(H,13,14). The summed E-state index contributed by atoms with van der Waals surface area (Å²) in [5.41, 5.74) is 2.28. The SMILES string of the molecule is OCC1Cc2[nH]cnc2C(C2CCCOC2)N1. The minimum Gasteiger partial charge on any atom is -0.395 e. The number of aromatic nitrogens is 2. The lowest BCUT2D eigenvalue weighted by molar-refractivity contribution is 0.0326. The van der Waals surface area contributed by atoms with Gasteiger partial charge in [0.2, 0.25) is 0 Å². The van der Waals surface area contributed by atoms with E-state index in [4.69, 9.17) is 4.74 Å². The third kappa shape index (κ3) is 2.10. The predicted octanol–water partition coefficient (Wildman–Crippen LogP) is 0.384. The van der Waals surface area contributed by atoms with E-state index in [1.807, 2.05) is 0 Å². The molecule has 3 atom stereocenters. The highest BCUT2D eigenvalue weighted by Crippen LogP contribution is 2.32. The maximum absolute atomic E-state index is 9.34. The van der Waals surface area contributed by atoms with Gasteiger partial charge in [-0.3, -0.25) is 0 Å². The number of ether oxygens (including phenoxy) is 1. The van der Waals surface area contributed by atoms with E-state index < -0.39 is 0 Å². The van der Waals surface area contributed by atoms with Crippen LogP contribution in [0.2, 0.25) is 0 Å². The second-order valence-electron chi connectivity index (χ2n) is 4.97. The molecule has 1 saturated heterocycles. The molecule has 17 heavy (non-hydrogen) atoms. The zero-order valence-corrected chi connectivity index (χ0v) is 9.85. The van der Waals surface area contributed by atoms with Crippen LogP contribution in [0.5, 0.6) is 0 Å². The molecule has 1 aromatic heterocycles. The Balaban J connectivity index is 1.83. The molecule has 0 radical (unpaired) electrons. The Bertz CT molecular complexity index is 374. The Morgan fingerprint density at radius 3 is 3.24 bits per heavy atom. The van der Waals surface area contributed by atoms with E-state index in [-0.39, 0.29) is 18.7 Å². The minimum absolute atomic E-state index is 0.134.